The van der Waals surface area contributed by atoms with E-state index in [0.717, 1.165) is 27.5 Å². The molecular formula is C33H34Cl2N6O3. The number of piperazine rings is 1. The summed E-state index contributed by atoms with van der Waals surface area (Å²) in [6.07, 6.45) is 5.27. The van der Waals surface area contributed by atoms with Gasteiger partial charge in [0.25, 0.3) is 0 Å². The number of hydrazine groups is 1. The maximum atomic E-state index is 14.1. The zero-order valence-electron chi connectivity index (χ0n) is 24.3. The lowest BCUT2D eigenvalue weighted by molar-refractivity contribution is -0.157. The van der Waals surface area contributed by atoms with Crippen LogP contribution in [0, 0.1) is 0 Å². The lowest BCUT2D eigenvalue weighted by atomic mass is 9.99. The largest absolute Gasteiger partial charge is 0.399 e. The van der Waals surface area contributed by atoms with Crippen LogP contribution in [0.3, 0.4) is 0 Å². The predicted octanol–water partition coefficient (Wildman–Crippen LogP) is 4.11. The molecule has 4 atom stereocenters. The number of amides is 4. The van der Waals surface area contributed by atoms with Crippen molar-refractivity contribution in [3.05, 3.63) is 102 Å². The van der Waals surface area contributed by atoms with E-state index in [0.29, 0.717) is 18.7 Å². The van der Waals surface area contributed by atoms with Gasteiger partial charge in [0, 0.05) is 32.2 Å². The summed E-state index contributed by atoms with van der Waals surface area (Å²) in [7, 11) is 1.64. The molecule has 1 aliphatic carbocycles. The molecule has 2 aliphatic heterocycles. The Hall–Kier alpha value is -4.05. The van der Waals surface area contributed by atoms with Crippen LogP contribution < -0.4 is 11.1 Å². The van der Waals surface area contributed by atoms with Crippen molar-refractivity contribution >= 4 is 57.5 Å². The first-order valence-electron chi connectivity index (χ1n) is 14.6. The predicted molar refractivity (Wildman–Crippen MR) is 173 cm³/mol. The Kier molecular flexibility index (Phi) is 8.53. The molecule has 0 spiro atoms. The van der Waals surface area contributed by atoms with Gasteiger partial charge in [-0.2, -0.15) is 5.01 Å². The number of carbonyl (C=O) groups is 3. The van der Waals surface area contributed by atoms with Crippen molar-refractivity contribution in [3.63, 3.8) is 0 Å². The number of nitrogens with zero attached hydrogens (tertiary/aromatic N) is 4. The maximum Gasteiger partial charge on any atom is 0.332 e. The van der Waals surface area contributed by atoms with Crippen LogP contribution in [0.4, 0.5) is 10.5 Å². The number of rotatable bonds is 7. The Morgan fingerprint density at radius 2 is 1.77 bits per heavy atom. The molecule has 2 saturated heterocycles. The molecule has 228 valence electrons. The Morgan fingerprint density at radius 3 is 2.55 bits per heavy atom. The van der Waals surface area contributed by atoms with Crippen LogP contribution in [0.1, 0.15) is 11.1 Å². The molecule has 6 rings (SSSR count). The number of benzene rings is 3. The molecule has 0 radical (unpaired) electrons. The molecular weight excluding hydrogens is 599 g/mol. The molecule has 3 N–H and O–H groups in total. The second kappa shape index (κ2) is 12.5. The van der Waals surface area contributed by atoms with E-state index < -0.39 is 12.2 Å². The SMILES string of the molecule is CN(C(=O)NCC1=CC(Cl)C(Cl)C=C1)N1CC(=O)N2[C@@H](Cc3ccc(N)cc3)C(=O)N(Cc3cccc4ccccc34)C[C@@H]21. The normalized spacial score (nSPS) is 23.6. The van der Waals surface area contributed by atoms with Crippen molar-refractivity contribution in [2.45, 2.75) is 35.9 Å². The van der Waals surface area contributed by atoms with Crippen LogP contribution in [0.2, 0.25) is 0 Å². The quantitative estimate of drug-likeness (QED) is 0.301. The standard InChI is InChI=1S/C33H34Cl2N6O3/c1-38(33(44)37-17-22-11-14-27(34)28(35)15-22)40-20-31(42)41-29(16-21-9-12-25(36)13-10-21)32(43)39(19-30(40)41)18-24-7-4-6-23-5-2-3-8-26(23)24/h2-15,27-30H,16-20,36H2,1H3,(H,37,44)/t27?,28?,29-,30+/m0/s1. The molecule has 11 heteroatoms. The van der Waals surface area contributed by atoms with Crippen molar-refractivity contribution < 1.29 is 14.4 Å². The van der Waals surface area contributed by atoms with Crippen molar-refractivity contribution in [3.8, 4) is 0 Å². The monoisotopic (exact) mass is 632 g/mol. The molecule has 2 heterocycles. The van der Waals surface area contributed by atoms with E-state index in [2.05, 4.69) is 11.4 Å². The van der Waals surface area contributed by atoms with Gasteiger partial charge in [0.15, 0.2) is 0 Å². The number of nitrogen functional groups attached to an aromatic ring is 1. The van der Waals surface area contributed by atoms with E-state index in [9.17, 15) is 14.4 Å². The second-order valence-corrected chi connectivity index (χ2v) is 12.4. The Balaban J connectivity index is 1.26. The minimum Gasteiger partial charge on any atom is -0.399 e. The summed E-state index contributed by atoms with van der Waals surface area (Å²) in [6, 6.07) is 20.4. The molecule has 2 fully saturated rings. The first-order chi connectivity index (χ1) is 21.2. The van der Waals surface area contributed by atoms with Crippen LogP contribution in [-0.4, -0.2) is 87.3 Å². The second-order valence-electron chi connectivity index (χ2n) is 11.4. The number of nitrogens with two attached hydrogens (primary N) is 1. The number of urea groups is 1. The highest BCUT2D eigenvalue weighted by Gasteiger charge is 2.51. The lowest BCUT2D eigenvalue weighted by Gasteiger charge is -2.46. The van der Waals surface area contributed by atoms with Crippen LogP contribution >= 0.6 is 23.2 Å². The molecule has 3 aromatic rings. The number of nitrogens with one attached hydrogen (secondary N) is 1. The van der Waals surface area contributed by atoms with Gasteiger partial charge in [-0.05, 0) is 39.6 Å². The van der Waals surface area contributed by atoms with Gasteiger partial charge in [-0.15, -0.1) is 23.2 Å². The van der Waals surface area contributed by atoms with Crippen LogP contribution in [0.15, 0.2) is 90.5 Å². The summed E-state index contributed by atoms with van der Waals surface area (Å²) in [6.45, 7) is 0.863. The van der Waals surface area contributed by atoms with Gasteiger partial charge in [-0.1, -0.05) is 72.8 Å². The minimum absolute atomic E-state index is 0.0253. The summed E-state index contributed by atoms with van der Waals surface area (Å²) < 4.78 is 0. The zero-order chi connectivity index (χ0) is 31.0. The fraction of sp³-hybridized carbons (Fsp3) is 0.303. The number of hydrogen-bond acceptors (Lipinski definition) is 5. The van der Waals surface area contributed by atoms with Crippen LogP contribution in [-0.2, 0) is 22.6 Å². The van der Waals surface area contributed by atoms with Gasteiger partial charge in [-0.25, -0.2) is 4.79 Å². The highest BCUT2D eigenvalue weighted by atomic mass is 35.5. The molecule has 0 saturated carbocycles. The van der Waals surface area contributed by atoms with E-state index in [1.165, 1.54) is 5.01 Å². The molecule has 2 unspecified atom stereocenters. The molecule has 44 heavy (non-hydrogen) atoms. The first kappa shape index (κ1) is 30.0. The number of halogens is 2. The number of hydrogen-bond donors (Lipinski definition) is 2. The topological polar surface area (TPSA) is 102 Å². The Labute approximate surface area is 266 Å². The maximum absolute atomic E-state index is 14.1. The lowest BCUT2D eigenvalue weighted by Crippen LogP contribution is -2.65. The summed E-state index contributed by atoms with van der Waals surface area (Å²) in [5.74, 6) is -0.332. The third kappa shape index (κ3) is 6.00. The number of anilines is 1. The van der Waals surface area contributed by atoms with Gasteiger partial charge in [-0.3, -0.25) is 14.6 Å². The average Bonchev–Trinajstić information content (AvgIpc) is 3.35. The molecule has 3 aliphatic rings. The van der Waals surface area contributed by atoms with Crippen molar-refractivity contribution in [2.24, 2.45) is 0 Å². The fourth-order valence-corrected chi connectivity index (χ4v) is 6.55. The summed E-state index contributed by atoms with van der Waals surface area (Å²) in [5, 5.41) is 7.59. The Morgan fingerprint density at radius 1 is 1.02 bits per heavy atom. The highest BCUT2D eigenvalue weighted by molar-refractivity contribution is 6.31. The summed E-state index contributed by atoms with van der Waals surface area (Å²) >= 11 is 12.4. The van der Waals surface area contributed by atoms with E-state index in [1.54, 1.807) is 35.2 Å². The number of fused-ring (bicyclic) bond motifs is 2. The number of alkyl halides is 2. The van der Waals surface area contributed by atoms with E-state index in [-0.39, 0.29) is 48.2 Å². The van der Waals surface area contributed by atoms with Crippen molar-refractivity contribution in [1.82, 2.24) is 25.1 Å². The van der Waals surface area contributed by atoms with Gasteiger partial charge in [0.2, 0.25) is 11.8 Å². The van der Waals surface area contributed by atoms with Gasteiger partial charge >= 0.3 is 6.03 Å². The van der Waals surface area contributed by atoms with E-state index >= 15 is 0 Å². The third-order valence-corrected chi connectivity index (χ3v) is 9.45. The third-order valence-electron chi connectivity index (χ3n) is 8.51. The molecule has 0 aromatic heterocycles. The highest BCUT2D eigenvalue weighted by Crippen LogP contribution is 2.31. The van der Waals surface area contributed by atoms with Crippen molar-refractivity contribution in [1.29, 1.82) is 0 Å². The van der Waals surface area contributed by atoms with Crippen LogP contribution in [0.25, 0.3) is 10.8 Å². The van der Waals surface area contributed by atoms with Crippen molar-refractivity contribution in [2.75, 3.05) is 32.4 Å². The van der Waals surface area contributed by atoms with E-state index in [4.69, 9.17) is 28.9 Å². The molecule has 3 aromatic carbocycles. The molecule has 9 nitrogen and oxygen atoms in total. The minimum atomic E-state index is -0.733. The molecule has 4 amide bonds. The fourth-order valence-electron chi connectivity index (χ4n) is 6.16. The van der Waals surface area contributed by atoms with Gasteiger partial charge in [0.1, 0.15) is 12.2 Å². The number of carbonyl (C=O) groups excluding carboxylic acids is 3. The molecule has 0 bridgehead atoms. The van der Waals surface area contributed by atoms with Gasteiger partial charge < -0.3 is 20.9 Å². The average molecular weight is 634 g/mol. The summed E-state index contributed by atoms with van der Waals surface area (Å²) in [5.41, 5.74) is 9.28. The van der Waals surface area contributed by atoms with Crippen LogP contribution in [0.5, 0.6) is 0 Å². The first-order valence-corrected chi connectivity index (χ1v) is 15.4. The van der Waals surface area contributed by atoms with Gasteiger partial charge in [0.05, 0.1) is 23.8 Å². The Bertz CT molecular complexity index is 1640. The van der Waals surface area contributed by atoms with E-state index in [1.807, 2.05) is 65.6 Å². The summed E-state index contributed by atoms with van der Waals surface area (Å²) in [4.78, 5) is 44.5. The smallest absolute Gasteiger partial charge is 0.332 e. The zero-order valence-corrected chi connectivity index (χ0v) is 25.8. The number of allylic oxidation sites excluding steroid dienone is 2.